The first-order chi connectivity index (χ1) is 8.86. The van der Waals surface area contributed by atoms with Crippen LogP contribution in [0, 0.1) is 6.92 Å². The minimum Gasteiger partial charge on any atom is -0.392 e. The van der Waals surface area contributed by atoms with Gasteiger partial charge in [0.1, 0.15) is 0 Å². The van der Waals surface area contributed by atoms with Gasteiger partial charge in [0, 0.05) is 12.6 Å². The summed E-state index contributed by atoms with van der Waals surface area (Å²) in [6.07, 6.45) is 0.774. The van der Waals surface area contributed by atoms with E-state index in [9.17, 15) is 13.5 Å². The molecule has 5 heteroatoms. The zero-order valence-electron chi connectivity index (χ0n) is 12.0. The molecular weight excluding hydrogens is 262 g/mol. The molecule has 0 saturated carbocycles. The molecule has 0 aliphatic carbocycles. The zero-order chi connectivity index (χ0) is 14.6. The van der Waals surface area contributed by atoms with Gasteiger partial charge >= 0.3 is 0 Å². The molecule has 0 saturated heterocycles. The van der Waals surface area contributed by atoms with E-state index in [-0.39, 0.29) is 12.6 Å². The molecule has 19 heavy (non-hydrogen) atoms. The summed E-state index contributed by atoms with van der Waals surface area (Å²) >= 11 is 0. The van der Waals surface area contributed by atoms with Crippen molar-refractivity contribution in [1.29, 1.82) is 0 Å². The van der Waals surface area contributed by atoms with Crippen molar-refractivity contribution >= 4 is 10.0 Å². The largest absolute Gasteiger partial charge is 0.392 e. The average molecular weight is 285 g/mol. The van der Waals surface area contributed by atoms with E-state index in [1.165, 1.54) is 4.31 Å². The molecule has 0 unspecified atom stereocenters. The summed E-state index contributed by atoms with van der Waals surface area (Å²) < 4.78 is 26.9. The highest BCUT2D eigenvalue weighted by Gasteiger charge is 2.28. The first kappa shape index (κ1) is 16.1. The van der Waals surface area contributed by atoms with Gasteiger partial charge in [-0.05, 0) is 44.4 Å². The monoisotopic (exact) mass is 285 g/mol. The molecule has 0 fully saturated rings. The van der Waals surface area contributed by atoms with E-state index in [2.05, 4.69) is 0 Å². The lowest BCUT2D eigenvalue weighted by molar-refractivity contribution is 0.280. The number of aliphatic hydroxyl groups excluding tert-OH is 1. The predicted octanol–water partition coefficient (Wildman–Crippen LogP) is 2.30. The molecule has 0 aromatic heterocycles. The van der Waals surface area contributed by atoms with Crippen LogP contribution in [-0.2, 0) is 16.6 Å². The van der Waals surface area contributed by atoms with Crippen molar-refractivity contribution in [2.75, 3.05) is 6.54 Å². The maximum absolute atomic E-state index is 12.7. The molecule has 0 heterocycles. The third-order valence-corrected chi connectivity index (χ3v) is 5.39. The first-order valence-corrected chi connectivity index (χ1v) is 8.01. The molecule has 0 amide bonds. The predicted molar refractivity (Wildman–Crippen MR) is 76.4 cm³/mol. The quantitative estimate of drug-likeness (QED) is 0.872. The Kier molecular flexibility index (Phi) is 5.52. The molecule has 4 nitrogen and oxygen atoms in total. The highest BCUT2D eigenvalue weighted by atomic mass is 32.2. The van der Waals surface area contributed by atoms with Gasteiger partial charge in [-0.15, -0.1) is 0 Å². The van der Waals surface area contributed by atoms with E-state index in [1.54, 1.807) is 25.1 Å². The zero-order valence-corrected chi connectivity index (χ0v) is 12.9. The number of rotatable bonds is 6. The summed E-state index contributed by atoms with van der Waals surface area (Å²) in [5.41, 5.74) is 1.29. The molecule has 108 valence electrons. The Hall–Kier alpha value is -0.910. The van der Waals surface area contributed by atoms with Crippen molar-refractivity contribution in [3.05, 3.63) is 29.3 Å². The van der Waals surface area contributed by atoms with Crippen LogP contribution in [0.15, 0.2) is 23.1 Å². The molecule has 0 atom stereocenters. The van der Waals surface area contributed by atoms with Gasteiger partial charge in [0.05, 0.1) is 11.5 Å². The van der Waals surface area contributed by atoms with Crippen LogP contribution in [0.3, 0.4) is 0 Å². The Bertz CT molecular complexity index is 523. The Morgan fingerprint density at radius 3 is 2.42 bits per heavy atom. The molecule has 0 radical (unpaired) electrons. The fraction of sp³-hybridized carbons (Fsp3) is 0.571. The van der Waals surface area contributed by atoms with E-state index < -0.39 is 10.0 Å². The van der Waals surface area contributed by atoms with Crippen LogP contribution in [0.2, 0.25) is 0 Å². The molecule has 1 aromatic carbocycles. The van der Waals surface area contributed by atoms with Gasteiger partial charge in [-0.2, -0.15) is 4.31 Å². The maximum Gasteiger partial charge on any atom is 0.243 e. The summed E-state index contributed by atoms with van der Waals surface area (Å²) in [4.78, 5) is 0.293. The van der Waals surface area contributed by atoms with Crippen molar-refractivity contribution in [1.82, 2.24) is 4.31 Å². The molecule has 0 spiro atoms. The van der Waals surface area contributed by atoms with Gasteiger partial charge in [0.15, 0.2) is 0 Å². The summed E-state index contributed by atoms with van der Waals surface area (Å²) in [5, 5.41) is 9.25. The van der Waals surface area contributed by atoms with Crippen LogP contribution in [0.5, 0.6) is 0 Å². The van der Waals surface area contributed by atoms with Crippen LogP contribution in [-0.4, -0.2) is 30.4 Å². The summed E-state index contributed by atoms with van der Waals surface area (Å²) in [7, 11) is -3.50. The summed E-state index contributed by atoms with van der Waals surface area (Å²) in [6, 6.07) is 4.95. The van der Waals surface area contributed by atoms with Gasteiger partial charge in [-0.3, -0.25) is 0 Å². The van der Waals surface area contributed by atoms with Gasteiger partial charge in [0.25, 0.3) is 0 Å². The minimum atomic E-state index is -3.50. The molecule has 1 N–H and O–H groups in total. The van der Waals surface area contributed by atoms with Crippen molar-refractivity contribution in [2.45, 2.75) is 51.7 Å². The molecular formula is C14H23NO3S. The average Bonchev–Trinajstić information content (AvgIpc) is 2.35. The molecule has 1 rings (SSSR count). The summed E-state index contributed by atoms with van der Waals surface area (Å²) in [5.74, 6) is 0. The van der Waals surface area contributed by atoms with Crippen molar-refractivity contribution in [3.63, 3.8) is 0 Å². The SMILES string of the molecule is CCCN(C(C)C)S(=O)(=O)c1cccc(CO)c1C. The van der Waals surface area contributed by atoms with Crippen LogP contribution >= 0.6 is 0 Å². The van der Waals surface area contributed by atoms with Crippen molar-refractivity contribution in [2.24, 2.45) is 0 Å². The fourth-order valence-electron chi connectivity index (χ4n) is 2.11. The third kappa shape index (κ3) is 3.35. The van der Waals surface area contributed by atoms with Crippen molar-refractivity contribution in [3.8, 4) is 0 Å². The lowest BCUT2D eigenvalue weighted by atomic mass is 10.1. The topological polar surface area (TPSA) is 57.6 Å². The van der Waals surface area contributed by atoms with E-state index in [4.69, 9.17) is 0 Å². The standard InChI is InChI=1S/C14H23NO3S/c1-5-9-15(11(2)3)19(17,18)14-8-6-7-13(10-16)12(14)4/h6-8,11,16H,5,9-10H2,1-4H3. The number of hydrogen-bond acceptors (Lipinski definition) is 3. The lowest BCUT2D eigenvalue weighted by Crippen LogP contribution is -2.37. The summed E-state index contributed by atoms with van der Waals surface area (Å²) in [6.45, 7) is 7.80. The fourth-order valence-corrected chi connectivity index (χ4v) is 4.11. The maximum atomic E-state index is 12.7. The van der Waals surface area contributed by atoms with Crippen LogP contribution in [0.1, 0.15) is 38.3 Å². The molecule has 1 aromatic rings. The number of nitrogens with zero attached hydrogens (tertiary/aromatic N) is 1. The number of benzene rings is 1. The second-order valence-corrected chi connectivity index (χ2v) is 6.77. The Morgan fingerprint density at radius 2 is 1.95 bits per heavy atom. The highest BCUT2D eigenvalue weighted by Crippen LogP contribution is 2.24. The smallest absolute Gasteiger partial charge is 0.243 e. The van der Waals surface area contributed by atoms with Crippen LogP contribution in [0.25, 0.3) is 0 Å². The van der Waals surface area contributed by atoms with E-state index in [0.717, 1.165) is 6.42 Å². The van der Waals surface area contributed by atoms with Gasteiger partial charge in [-0.25, -0.2) is 8.42 Å². The third-order valence-electron chi connectivity index (χ3n) is 3.17. The van der Waals surface area contributed by atoms with E-state index >= 15 is 0 Å². The Labute approximate surface area is 116 Å². The van der Waals surface area contributed by atoms with Gasteiger partial charge < -0.3 is 5.11 Å². The second kappa shape index (κ2) is 6.50. The first-order valence-electron chi connectivity index (χ1n) is 6.57. The molecule has 0 aliphatic rings. The van der Waals surface area contributed by atoms with Gasteiger partial charge in [-0.1, -0.05) is 19.1 Å². The normalized spacial score (nSPS) is 12.4. The Balaban J connectivity index is 3.33. The van der Waals surface area contributed by atoms with Gasteiger partial charge in [0.2, 0.25) is 10.0 Å². The number of aliphatic hydroxyl groups is 1. The lowest BCUT2D eigenvalue weighted by Gasteiger charge is -2.26. The van der Waals surface area contributed by atoms with Crippen LogP contribution < -0.4 is 0 Å². The van der Waals surface area contributed by atoms with E-state index in [0.29, 0.717) is 22.6 Å². The van der Waals surface area contributed by atoms with Crippen molar-refractivity contribution < 1.29 is 13.5 Å². The second-order valence-electron chi connectivity index (χ2n) is 4.91. The van der Waals surface area contributed by atoms with E-state index in [1.807, 2.05) is 20.8 Å². The van der Waals surface area contributed by atoms with Crippen LogP contribution in [0.4, 0.5) is 0 Å². The number of hydrogen-bond donors (Lipinski definition) is 1. The Morgan fingerprint density at radius 1 is 1.32 bits per heavy atom. The molecule has 0 bridgehead atoms. The molecule has 0 aliphatic heterocycles. The minimum absolute atomic E-state index is 0.0814. The highest BCUT2D eigenvalue weighted by molar-refractivity contribution is 7.89. The number of sulfonamides is 1.